The molecule has 8 heteroatoms. The number of primary sulfonamides is 1. The summed E-state index contributed by atoms with van der Waals surface area (Å²) in [6.07, 6.45) is 1.69. The molecule has 0 saturated heterocycles. The third kappa shape index (κ3) is 3.52. The number of aromatic nitrogens is 1. The first-order valence-electron chi connectivity index (χ1n) is 7.73. The second-order valence-electron chi connectivity index (χ2n) is 5.69. The zero-order chi connectivity index (χ0) is 18.9. The van der Waals surface area contributed by atoms with Gasteiger partial charge in [0.25, 0.3) is 5.91 Å². The zero-order valence-electron chi connectivity index (χ0n) is 14.0. The molecule has 1 aromatic heterocycles. The molecule has 2 aromatic carbocycles. The van der Waals surface area contributed by atoms with Crippen LogP contribution < -0.4 is 9.94 Å². The number of carbonyl (C=O) groups is 1. The molecule has 0 radical (unpaired) electrons. The molecule has 0 saturated carbocycles. The van der Waals surface area contributed by atoms with E-state index >= 15 is 0 Å². The minimum Gasteiger partial charge on any atom is -0.312 e. The maximum absolute atomic E-state index is 12.6. The number of nitrogens with zero attached hydrogens (tertiary/aromatic N) is 2. The topological polar surface area (TPSA) is 94.5 Å². The number of carbonyl (C=O) groups excluding carboxylic acids is 1. The zero-order valence-corrected chi connectivity index (χ0v) is 15.7. The number of rotatable bonds is 4. The van der Waals surface area contributed by atoms with Crippen LogP contribution in [0.3, 0.4) is 0 Å². The third-order valence-electron chi connectivity index (χ3n) is 3.87. The molecule has 0 unspecified atom stereocenters. The van der Waals surface area contributed by atoms with E-state index in [1.54, 1.807) is 24.3 Å². The van der Waals surface area contributed by atoms with Crippen LogP contribution in [0.2, 0.25) is 0 Å². The van der Waals surface area contributed by atoms with Crippen LogP contribution in [0.1, 0.15) is 15.9 Å². The van der Waals surface area contributed by atoms with Gasteiger partial charge < -0.3 is 4.57 Å². The Hall–Kier alpha value is -2.55. The Bertz CT molecular complexity index is 1190. The van der Waals surface area contributed by atoms with Crippen molar-refractivity contribution in [2.75, 3.05) is 0 Å². The van der Waals surface area contributed by atoms with Crippen LogP contribution in [0.25, 0.3) is 10.2 Å². The molecule has 0 aliphatic carbocycles. The van der Waals surface area contributed by atoms with Crippen LogP contribution in [-0.2, 0) is 16.6 Å². The molecule has 3 aromatic rings. The number of sulfonamides is 1. The van der Waals surface area contributed by atoms with Crippen LogP contribution in [0, 0.1) is 6.92 Å². The fourth-order valence-electron chi connectivity index (χ4n) is 2.58. The molecule has 1 heterocycles. The number of amides is 1. The number of thiazole rings is 1. The highest BCUT2D eigenvalue weighted by atomic mass is 32.2. The van der Waals surface area contributed by atoms with E-state index < -0.39 is 10.0 Å². The van der Waals surface area contributed by atoms with Crippen LogP contribution in [0.5, 0.6) is 0 Å². The van der Waals surface area contributed by atoms with Gasteiger partial charge in [0.2, 0.25) is 10.0 Å². The summed E-state index contributed by atoms with van der Waals surface area (Å²) < 4.78 is 25.6. The molecule has 3 rings (SSSR count). The molecular formula is C18H17N3O3S2. The highest BCUT2D eigenvalue weighted by Gasteiger charge is 2.13. The summed E-state index contributed by atoms with van der Waals surface area (Å²) >= 11 is 1.23. The second-order valence-corrected chi connectivity index (χ2v) is 8.26. The van der Waals surface area contributed by atoms with Crippen molar-refractivity contribution < 1.29 is 13.2 Å². The van der Waals surface area contributed by atoms with E-state index in [1.807, 2.05) is 23.6 Å². The molecule has 2 N–H and O–H groups in total. The number of hydrogen-bond acceptors (Lipinski definition) is 4. The van der Waals surface area contributed by atoms with Crippen molar-refractivity contribution in [3.8, 4) is 0 Å². The first kappa shape index (κ1) is 18.2. The summed E-state index contributed by atoms with van der Waals surface area (Å²) in [4.78, 5) is 17.3. The van der Waals surface area contributed by atoms with E-state index in [4.69, 9.17) is 5.14 Å². The van der Waals surface area contributed by atoms with Crippen LogP contribution in [0.4, 0.5) is 0 Å². The number of allylic oxidation sites excluding steroid dienone is 1. The normalized spacial score (nSPS) is 12.5. The highest BCUT2D eigenvalue weighted by molar-refractivity contribution is 7.89. The van der Waals surface area contributed by atoms with Crippen molar-refractivity contribution in [1.29, 1.82) is 0 Å². The van der Waals surface area contributed by atoms with Crippen LogP contribution in [-0.4, -0.2) is 18.9 Å². The first-order chi connectivity index (χ1) is 12.3. The van der Waals surface area contributed by atoms with Gasteiger partial charge in [-0.15, -0.1) is 6.58 Å². The van der Waals surface area contributed by atoms with Gasteiger partial charge in [-0.3, -0.25) is 4.79 Å². The predicted molar refractivity (Wildman–Crippen MR) is 102 cm³/mol. The molecule has 0 spiro atoms. The molecule has 0 fully saturated rings. The largest absolute Gasteiger partial charge is 0.312 e. The molecule has 0 bridgehead atoms. The molecule has 26 heavy (non-hydrogen) atoms. The van der Waals surface area contributed by atoms with Crippen molar-refractivity contribution in [3.05, 3.63) is 71.0 Å². The minimum atomic E-state index is -3.80. The van der Waals surface area contributed by atoms with Crippen LogP contribution in [0.15, 0.2) is 65.0 Å². The van der Waals surface area contributed by atoms with Crippen molar-refractivity contribution in [3.63, 3.8) is 0 Å². The quantitative estimate of drug-likeness (QED) is 0.697. The van der Waals surface area contributed by atoms with Crippen molar-refractivity contribution in [2.24, 2.45) is 10.1 Å². The Kier molecular flexibility index (Phi) is 4.90. The lowest BCUT2D eigenvalue weighted by atomic mass is 10.1. The Labute approximate surface area is 155 Å². The average molecular weight is 387 g/mol. The standard InChI is InChI=1S/C18H17N3O3S2/c1-3-10-21-15-9-8-13(26(19,23)24)11-16(15)25-18(21)20-17(22)14-7-5-4-6-12(14)2/h3-9,11H,1,10H2,2H3,(H2,19,23,24). The smallest absolute Gasteiger partial charge is 0.279 e. The average Bonchev–Trinajstić information content (AvgIpc) is 2.91. The molecule has 0 aliphatic rings. The number of nitrogens with two attached hydrogens (primary N) is 1. The summed E-state index contributed by atoms with van der Waals surface area (Å²) in [5, 5.41) is 5.20. The third-order valence-corrected chi connectivity index (χ3v) is 5.82. The van der Waals surface area contributed by atoms with Gasteiger partial charge in [0.1, 0.15) is 0 Å². The van der Waals surface area contributed by atoms with E-state index in [1.165, 1.54) is 23.5 Å². The van der Waals surface area contributed by atoms with Gasteiger partial charge in [0.15, 0.2) is 4.80 Å². The molecular weight excluding hydrogens is 370 g/mol. The van der Waals surface area contributed by atoms with E-state index in [0.29, 0.717) is 21.6 Å². The lowest BCUT2D eigenvalue weighted by molar-refractivity contribution is 0.0997. The molecule has 0 atom stereocenters. The Morgan fingerprint density at radius 3 is 2.69 bits per heavy atom. The van der Waals surface area contributed by atoms with E-state index in [9.17, 15) is 13.2 Å². The fraction of sp³-hybridized carbons (Fsp3) is 0.111. The van der Waals surface area contributed by atoms with Gasteiger partial charge >= 0.3 is 0 Å². The summed E-state index contributed by atoms with van der Waals surface area (Å²) in [7, 11) is -3.80. The lowest BCUT2D eigenvalue weighted by Gasteiger charge is -2.03. The van der Waals surface area contributed by atoms with Crippen molar-refractivity contribution >= 4 is 37.5 Å². The Morgan fingerprint density at radius 2 is 2.04 bits per heavy atom. The Morgan fingerprint density at radius 1 is 1.31 bits per heavy atom. The molecule has 1 amide bonds. The molecule has 134 valence electrons. The monoisotopic (exact) mass is 387 g/mol. The van der Waals surface area contributed by atoms with Gasteiger partial charge in [0.05, 0.1) is 15.1 Å². The summed E-state index contributed by atoms with van der Waals surface area (Å²) in [6, 6.07) is 11.8. The highest BCUT2D eigenvalue weighted by Crippen LogP contribution is 2.21. The van der Waals surface area contributed by atoms with Crippen molar-refractivity contribution in [2.45, 2.75) is 18.4 Å². The maximum Gasteiger partial charge on any atom is 0.279 e. The van der Waals surface area contributed by atoms with E-state index in [0.717, 1.165) is 11.1 Å². The number of aryl methyl sites for hydroxylation is 1. The molecule has 6 nitrogen and oxygen atoms in total. The fourth-order valence-corrected chi connectivity index (χ4v) is 4.27. The first-order valence-corrected chi connectivity index (χ1v) is 10.1. The van der Waals surface area contributed by atoms with E-state index in [-0.39, 0.29) is 10.8 Å². The minimum absolute atomic E-state index is 0.0220. The van der Waals surface area contributed by atoms with Crippen molar-refractivity contribution in [1.82, 2.24) is 4.57 Å². The second kappa shape index (κ2) is 6.99. The predicted octanol–water partition coefficient (Wildman–Crippen LogP) is 2.59. The number of hydrogen-bond donors (Lipinski definition) is 1. The molecule has 0 aliphatic heterocycles. The van der Waals surface area contributed by atoms with Crippen LogP contribution >= 0.6 is 11.3 Å². The van der Waals surface area contributed by atoms with Gasteiger partial charge in [0, 0.05) is 12.1 Å². The number of benzene rings is 2. The van der Waals surface area contributed by atoms with Gasteiger partial charge in [-0.2, -0.15) is 4.99 Å². The summed E-state index contributed by atoms with van der Waals surface area (Å²) in [6.45, 7) is 6.02. The van der Waals surface area contributed by atoms with Gasteiger partial charge in [-0.1, -0.05) is 35.6 Å². The van der Waals surface area contributed by atoms with Gasteiger partial charge in [-0.25, -0.2) is 13.6 Å². The summed E-state index contributed by atoms with van der Waals surface area (Å²) in [5.41, 5.74) is 2.13. The summed E-state index contributed by atoms with van der Waals surface area (Å²) in [5.74, 6) is -0.348. The lowest BCUT2D eigenvalue weighted by Crippen LogP contribution is -2.16. The van der Waals surface area contributed by atoms with Gasteiger partial charge in [-0.05, 0) is 36.8 Å². The Balaban J connectivity index is 2.21. The maximum atomic E-state index is 12.6. The number of fused-ring (bicyclic) bond motifs is 1. The SMILES string of the molecule is C=CCn1c(=NC(=O)c2ccccc2C)sc2cc(S(N)(=O)=O)ccc21. The van der Waals surface area contributed by atoms with E-state index in [2.05, 4.69) is 11.6 Å².